The Morgan fingerprint density at radius 3 is 2.13 bits per heavy atom. The van der Waals surface area contributed by atoms with E-state index < -0.39 is 10.0 Å². The highest BCUT2D eigenvalue weighted by atomic mass is 79.9. The van der Waals surface area contributed by atoms with Gasteiger partial charge in [0.15, 0.2) is 0 Å². The van der Waals surface area contributed by atoms with Gasteiger partial charge in [-0.05, 0) is 46.3 Å². The third-order valence-corrected chi connectivity index (χ3v) is 7.24. The maximum Gasteiger partial charge on any atom is 0.244 e. The number of rotatable bonds is 3. The van der Waals surface area contributed by atoms with Gasteiger partial charge in [0, 0.05) is 40.8 Å². The number of halogens is 2. The first-order chi connectivity index (χ1) is 11.0. The highest BCUT2D eigenvalue weighted by molar-refractivity contribution is 9.11. The van der Waals surface area contributed by atoms with E-state index in [1.165, 1.54) is 0 Å². The van der Waals surface area contributed by atoms with Gasteiger partial charge in [0.1, 0.15) is 0 Å². The molecule has 7 heteroatoms. The van der Waals surface area contributed by atoms with Crippen molar-refractivity contribution in [3.05, 3.63) is 57.5 Å². The highest BCUT2D eigenvalue weighted by Gasteiger charge is 2.30. The lowest BCUT2D eigenvalue weighted by Crippen LogP contribution is -2.48. The van der Waals surface area contributed by atoms with Crippen LogP contribution in [0.15, 0.2) is 62.4 Å². The summed E-state index contributed by atoms with van der Waals surface area (Å²) in [5.41, 5.74) is 1.13. The van der Waals surface area contributed by atoms with Crippen molar-refractivity contribution in [3.63, 3.8) is 0 Å². The van der Waals surface area contributed by atoms with Crippen LogP contribution in [0, 0.1) is 0 Å². The molecule has 3 rings (SSSR count). The third kappa shape index (κ3) is 3.63. The predicted molar refractivity (Wildman–Crippen MR) is 99.3 cm³/mol. The minimum absolute atomic E-state index is 0.314. The molecule has 0 spiro atoms. The molecular formula is C16H16Br2N2O2S. The van der Waals surface area contributed by atoms with Crippen LogP contribution in [0.25, 0.3) is 0 Å². The van der Waals surface area contributed by atoms with E-state index in [1.54, 1.807) is 22.5 Å². The monoisotopic (exact) mass is 458 g/mol. The van der Waals surface area contributed by atoms with Crippen molar-refractivity contribution < 1.29 is 8.42 Å². The first-order valence-corrected chi connectivity index (χ1v) is 10.3. The van der Waals surface area contributed by atoms with Crippen LogP contribution in [0.2, 0.25) is 0 Å². The third-order valence-electron chi connectivity index (χ3n) is 3.87. The van der Waals surface area contributed by atoms with E-state index in [0.717, 1.165) is 10.2 Å². The average molecular weight is 460 g/mol. The smallest absolute Gasteiger partial charge is 0.244 e. The Hall–Kier alpha value is -0.890. The van der Waals surface area contributed by atoms with Gasteiger partial charge in [-0.25, -0.2) is 8.42 Å². The van der Waals surface area contributed by atoms with Gasteiger partial charge >= 0.3 is 0 Å². The van der Waals surface area contributed by atoms with E-state index in [-0.39, 0.29) is 0 Å². The molecule has 0 N–H and O–H groups in total. The Bertz CT molecular complexity index is 789. The molecule has 0 unspecified atom stereocenters. The van der Waals surface area contributed by atoms with Crippen LogP contribution >= 0.6 is 31.9 Å². The number of hydrogen-bond donors (Lipinski definition) is 0. The van der Waals surface area contributed by atoms with Gasteiger partial charge in [-0.3, -0.25) is 0 Å². The summed E-state index contributed by atoms with van der Waals surface area (Å²) < 4.78 is 28.6. The van der Waals surface area contributed by atoms with Gasteiger partial charge in [-0.1, -0.05) is 34.1 Å². The fourth-order valence-corrected chi connectivity index (χ4v) is 5.78. The van der Waals surface area contributed by atoms with Crippen molar-refractivity contribution >= 4 is 47.6 Å². The summed E-state index contributed by atoms with van der Waals surface area (Å²) in [6, 6.07) is 15.2. The molecule has 1 heterocycles. The molecule has 0 aromatic heterocycles. The van der Waals surface area contributed by atoms with Gasteiger partial charge in [-0.15, -0.1) is 0 Å². The molecule has 122 valence electrons. The normalized spacial score (nSPS) is 16.5. The molecule has 2 aromatic carbocycles. The molecule has 1 saturated heterocycles. The summed E-state index contributed by atoms with van der Waals surface area (Å²) in [6.45, 7) is 2.36. The molecule has 4 nitrogen and oxygen atoms in total. The number of anilines is 1. The number of hydrogen-bond acceptors (Lipinski definition) is 3. The van der Waals surface area contributed by atoms with Crippen LogP contribution in [0.5, 0.6) is 0 Å². The quantitative estimate of drug-likeness (QED) is 0.702. The largest absolute Gasteiger partial charge is 0.369 e. The standard InChI is InChI=1S/C16H16Br2N2O2S/c17-13-6-7-16(15(18)12-13)23(21,22)20-10-8-19(9-11-20)14-4-2-1-3-5-14/h1-7,12H,8-11H2. The van der Waals surface area contributed by atoms with E-state index in [9.17, 15) is 8.42 Å². The number of piperazine rings is 1. The zero-order valence-corrected chi connectivity index (χ0v) is 16.3. The average Bonchev–Trinajstić information content (AvgIpc) is 2.55. The Morgan fingerprint density at radius 1 is 0.870 bits per heavy atom. The zero-order chi connectivity index (χ0) is 16.4. The minimum atomic E-state index is -3.48. The second-order valence-electron chi connectivity index (χ2n) is 5.30. The van der Waals surface area contributed by atoms with Crippen LogP contribution < -0.4 is 4.90 Å². The van der Waals surface area contributed by atoms with E-state index in [4.69, 9.17) is 0 Å². The maximum atomic E-state index is 12.8. The summed E-state index contributed by atoms with van der Waals surface area (Å²) in [5.74, 6) is 0. The predicted octanol–water partition coefficient (Wildman–Crippen LogP) is 3.72. The number of sulfonamides is 1. The number of nitrogens with zero attached hydrogens (tertiary/aromatic N) is 2. The topological polar surface area (TPSA) is 40.6 Å². The summed E-state index contributed by atoms with van der Waals surface area (Å²) in [6.07, 6.45) is 0. The summed E-state index contributed by atoms with van der Waals surface area (Å²) in [4.78, 5) is 2.52. The van der Waals surface area contributed by atoms with Crippen molar-refractivity contribution in [2.75, 3.05) is 31.1 Å². The minimum Gasteiger partial charge on any atom is -0.369 e. The Balaban J connectivity index is 1.76. The Labute approximate surface area is 153 Å². The molecule has 1 fully saturated rings. The SMILES string of the molecule is O=S(=O)(c1ccc(Br)cc1Br)N1CCN(c2ccccc2)CC1. The number of benzene rings is 2. The number of para-hydroxylation sites is 1. The molecule has 0 amide bonds. The van der Waals surface area contributed by atoms with E-state index in [2.05, 4.69) is 48.9 Å². The molecule has 23 heavy (non-hydrogen) atoms. The molecule has 0 bridgehead atoms. The Kier molecular flexibility index (Phi) is 5.10. The highest BCUT2D eigenvalue weighted by Crippen LogP contribution is 2.29. The molecule has 0 atom stereocenters. The Morgan fingerprint density at radius 2 is 1.52 bits per heavy atom. The molecule has 0 radical (unpaired) electrons. The fraction of sp³-hybridized carbons (Fsp3) is 0.250. The van der Waals surface area contributed by atoms with E-state index in [0.29, 0.717) is 35.5 Å². The first-order valence-electron chi connectivity index (χ1n) is 7.24. The van der Waals surface area contributed by atoms with Crippen LogP contribution in [0.3, 0.4) is 0 Å². The first kappa shape index (κ1) is 17.0. The molecule has 0 aliphatic carbocycles. The van der Waals surface area contributed by atoms with E-state index in [1.807, 2.05) is 18.2 Å². The van der Waals surface area contributed by atoms with Crippen LogP contribution in [-0.4, -0.2) is 38.9 Å². The van der Waals surface area contributed by atoms with E-state index >= 15 is 0 Å². The van der Waals surface area contributed by atoms with Gasteiger partial charge < -0.3 is 4.90 Å². The van der Waals surface area contributed by atoms with Crippen molar-refractivity contribution in [2.24, 2.45) is 0 Å². The summed E-state index contributed by atoms with van der Waals surface area (Å²) in [7, 11) is -3.48. The van der Waals surface area contributed by atoms with Gasteiger partial charge in [-0.2, -0.15) is 4.31 Å². The van der Waals surface area contributed by atoms with Crippen molar-refractivity contribution in [1.29, 1.82) is 0 Å². The van der Waals surface area contributed by atoms with Crippen molar-refractivity contribution in [1.82, 2.24) is 4.31 Å². The molecule has 1 aliphatic heterocycles. The molecule has 2 aromatic rings. The van der Waals surface area contributed by atoms with Crippen LogP contribution in [0.1, 0.15) is 0 Å². The van der Waals surface area contributed by atoms with Gasteiger partial charge in [0.05, 0.1) is 4.90 Å². The van der Waals surface area contributed by atoms with Crippen LogP contribution in [0.4, 0.5) is 5.69 Å². The molecule has 1 aliphatic rings. The lowest BCUT2D eigenvalue weighted by Gasteiger charge is -2.35. The fourth-order valence-electron chi connectivity index (χ4n) is 2.65. The van der Waals surface area contributed by atoms with Crippen LogP contribution in [-0.2, 0) is 10.0 Å². The maximum absolute atomic E-state index is 12.8. The second-order valence-corrected chi connectivity index (χ2v) is 8.98. The zero-order valence-electron chi connectivity index (χ0n) is 12.3. The lowest BCUT2D eigenvalue weighted by atomic mass is 10.2. The lowest BCUT2D eigenvalue weighted by molar-refractivity contribution is 0.384. The van der Waals surface area contributed by atoms with Gasteiger partial charge in [0.25, 0.3) is 0 Å². The van der Waals surface area contributed by atoms with Gasteiger partial charge in [0.2, 0.25) is 10.0 Å². The van der Waals surface area contributed by atoms with Crippen molar-refractivity contribution in [3.8, 4) is 0 Å². The molecule has 0 saturated carbocycles. The molecular weight excluding hydrogens is 444 g/mol. The summed E-state index contributed by atoms with van der Waals surface area (Å²) >= 11 is 6.70. The summed E-state index contributed by atoms with van der Waals surface area (Å²) in [5, 5.41) is 0. The second kappa shape index (κ2) is 6.93. The van der Waals surface area contributed by atoms with Crippen molar-refractivity contribution in [2.45, 2.75) is 4.90 Å².